The summed E-state index contributed by atoms with van der Waals surface area (Å²) in [5.41, 5.74) is 6.38. The Labute approximate surface area is 132 Å². The molecule has 2 aliphatic rings. The Morgan fingerprint density at radius 2 is 2.27 bits per heavy atom. The van der Waals surface area contributed by atoms with Crippen molar-refractivity contribution in [3.8, 4) is 0 Å². The molecule has 2 saturated carbocycles. The lowest BCUT2D eigenvalue weighted by molar-refractivity contribution is -0.116. The van der Waals surface area contributed by atoms with E-state index >= 15 is 0 Å². The highest BCUT2D eigenvalue weighted by Crippen LogP contribution is 2.49. The Balaban J connectivity index is 1.53. The molecule has 2 fully saturated rings. The first-order valence-corrected chi connectivity index (χ1v) is 8.38. The summed E-state index contributed by atoms with van der Waals surface area (Å²) in [6, 6.07) is 4.30. The third-order valence-electron chi connectivity index (χ3n) is 5.23. The van der Waals surface area contributed by atoms with Crippen LogP contribution in [0, 0.1) is 17.8 Å². The van der Waals surface area contributed by atoms with Gasteiger partial charge in [0.25, 0.3) is 0 Å². The van der Waals surface area contributed by atoms with E-state index in [-0.39, 0.29) is 5.91 Å². The zero-order chi connectivity index (χ0) is 15.5. The molecule has 5 heteroatoms. The molecule has 0 aliphatic heterocycles. The minimum absolute atomic E-state index is 0.0916. The first-order valence-electron chi connectivity index (χ1n) is 8.38. The molecule has 1 heterocycles. The fourth-order valence-electron chi connectivity index (χ4n) is 4.17. The summed E-state index contributed by atoms with van der Waals surface area (Å²) in [5.74, 6) is 3.16. The maximum absolute atomic E-state index is 11.5. The molecule has 0 radical (unpaired) electrons. The Kier molecular flexibility index (Phi) is 4.62. The second-order valence-electron chi connectivity index (χ2n) is 6.79. The first kappa shape index (κ1) is 15.3. The Hall–Kier alpha value is -1.62. The number of nitrogens with one attached hydrogen (secondary N) is 2. The third kappa shape index (κ3) is 3.40. The molecule has 120 valence electrons. The van der Waals surface area contributed by atoms with Gasteiger partial charge in [0, 0.05) is 19.0 Å². The summed E-state index contributed by atoms with van der Waals surface area (Å²) in [4.78, 5) is 15.8. The number of nitrogens with two attached hydrogens (primary N) is 1. The number of anilines is 2. The monoisotopic (exact) mass is 302 g/mol. The number of carbonyl (C=O) groups is 1. The van der Waals surface area contributed by atoms with Crippen LogP contribution in [0.2, 0.25) is 0 Å². The SMILES string of the molecule is CC(Nc1ccc(NC(=O)CCN)nc1)C1CC2CCC1C2. The number of fused-ring (bicyclic) bond motifs is 2. The van der Waals surface area contributed by atoms with Gasteiger partial charge in [0.1, 0.15) is 5.82 Å². The van der Waals surface area contributed by atoms with Gasteiger partial charge in [-0.05, 0) is 56.1 Å². The van der Waals surface area contributed by atoms with Crippen LogP contribution in [0.5, 0.6) is 0 Å². The lowest BCUT2D eigenvalue weighted by atomic mass is 9.84. The molecule has 5 nitrogen and oxygen atoms in total. The van der Waals surface area contributed by atoms with Gasteiger partial charge in [-0.2, -0.15) is 0 Å². The normalized spacial score (nSPS) is 27.6. The topological polar surface area (TPSA) is 80.0 Å². The molecule has 3 rings (SSSR count). The van der Waals surface area contributed by atoms with Crippen molar-refractivity contribution in [1.29, 1.82) is 0 Å². The summed E-state index contributed by atoms with van der Waals surface area (Å²) in [5, 5.41) is 6.32. The van der Waals surface area contributed by atoms with Crippen molar-refractivity contribution >= 4 is 17.4 Å². The van der Waals surface area contributed by atoms with Crippen LogP contribution in [0.15, 0.2) is 18.3 Å². The van der Waals surface area contributed by atoms with Gasteiger partial charge in [-0.1, -0.05) is 6.42 Å². The van der Waals surface area contributed by atoms with Crippen molar-refractivity contribution in [3.05, 3.63) is 18.3 Å². The van der Waals surface area contributed by atoms with Crippen molar-refractivity contribution < 1.29 is 4.79 Å². The van der Waals surface area contributed by atoms with Crippen molar-refractivity contribution in [3.63, 3.8) is 0 Å². The molecule has 0 spiro atoms. The predicted octanol–water partition coefficient (Wildman–Crippen LogP) is 2.61. The van der Waals surface area contributed by atoms with E-state index in [0.29, 0.717) is 24.8 Å². The molecule has 4 atom stereocenters. The fraction of sp³-hybridized carbons (Fsp3) is 0.647. The zero-order valence-corrected chi connectivity index (χ0v) is 13.2. The highest BCUT2D eigenvalue weighted by atomic mass is 16.1. The quantitative estimate of drug-likeness (QED) is 0.754. The van der Waals surface area contributed by atoms with Crippen molar-refractivity contribution in [1.82, 2.24) is 4.98 Å². The Morgan fingerprint density at radius 3 is 2.86 bits per heavy atom. The Morgan fingerprint density at radius 1 is 1.41 bits per heavy atom. The molecule has 4 unspecified atom stereocenters. The molecular weight excluding hydrogens is 276 g/mol. The van der Waals surface area contributed by atoms with Gasteiger partial charge in [-0.15, -0.1) is 0 Å². The maximum atomic E-state index is 11.5. The Bertz CT molecular complexity index is 516. The van der Waals surface area contributed by atoms with E-state index in [0.717, 1.165) is 23.4 Å². The molecule has 4 N–H and O–H groups in total. The molecule has 22 heavy (non-hydrogen) atoms. The maximum Gasteiger partial charge on any atom is 0.226 e. The molecule has 0 aromatic carbocycles. The number of rotatable bonds is 6. The van der Waals surface area contributed by atoms with Crippen LogP contribution in [0.25, 0.3) is 0 Å². The minimum atomic E-state index is -0.0916. The van der Waals surface area contributed by atoms with Crippen LogP contribution in [0.4, 0.5) is 11.5 Å². The molecule has 1 amide bonds. The van der Waals surface area contributed by atoms with E-state index in [1.54, 1.807) is 6.20 Å². The van der Waals surface area contributed by atoms with Crippen LogP contribution in [0.1, 0.15) is 39.0 Å². The highest BCUT2D eigenvalue weighted by Gasteiger charge is 2.41. The molecular formula is C17H26N4O. The molecule has 2 bridgehead atoms. The van der Waals surface area contributed by atoms with Crippen LogP contribution in [0.3, 0.4) is 0 Å². The summed E-state index contributed by atoms with van der Waals surface area (Å²) in [7, 11) is 0. The fourth-order valence-corrected chi connectivity index (χ4v) is 4.17. The molecule has 1 aromatic heterocycles. The van der Waals surface area contributed by atoms with Crippen LogP contribution in [-0.4, -0.2) is 23.5 Å². The highest BCUT2D eigenvalue weighted by molar-refractivity contribution is 5.89. The van der Waals surface area contributed by atoms with Crippen LogP contribution >= 0.6 is 0 Å². The lowest BCUT2D eigenvalue weighted by Crippen LogP contribution is -2.30. The number of nitrogens with zero attached hydrogens (tertiary/aromatic N) is 1. The predicted molar refractivity (Wildman–Crippen MR) is 88.6 cm³/mol. The summed E-state index contributed by atoms with van der Waals surface area (Å²) >= 11 is 0. The molecule has 2 aliphatic carbocycles. The average molecular weight is 302 g/mol. The number of pyridine rings is 1. The van der Waals surface area contributed by atoms with E-state index in [1.807, 2.05) is 12.1 Å². The van der Waals surface area contributed by atoms with Gasteiger partial charge in [0.2, 0.25) is 5.91 Å². The van der Waals surface area contributed by atoms with Crippen molar-refractivity contribution in [2.24, 2.45) is 23.5 Å². The standard InChI is InChI=1S/C17H26N4O/c1-11(15-9-12-2-3-13(15)8-12)20-14-4-5-16(19-10-14)21-17(22)6-7-18/h4-5,10-13,15,20H,2-3,6-9,18H2,1H3,(H,19,21,22). The second kappa shape index (κ2) is 6.65. The van der Waals surface area contributed by atoms with Gasteiger partial charge in [0.15, 0.2) is 0 Å². The first-order chi connectivity index (χ1) is 10.7. The summed E-state index contributed by atoms with van der Waals surface area (Å²) in [6.45, 7) is 2.63. The molecule has 1 aromatic rings. The van der Waals surface area contributed by atoms with E-state index in [2.05, 4.69) is 22.5 Å². The number of hydrogen-bond acceptors (Lipinski definition) is 4. The zero-order valence-electron chi connectivity index (χ0n) is 13.2. The van der Waals surface area contributed by atoms with Gasteiger partial charge < -0.3 is 16.4 Å². The number of amides is 1. The van der Waals surface area contributed by atoms with Gasteiger partial charge in [-0.3, -0.25) is 4.79 Å². The van der Waals surface area contributed by atoms with E-state index in [4.69, 9.17) is 5.73 Å². The minimum Gasteiger partial charge on any atom is -0.381 e. The summed E-state index contributed by atoms with van der Waals surface area (Å²) < 4.78 is 0. The molecule has 0 saturated heterocycles. The smallest absolute Gasteiger partial charge is 0.226 e. The number of aromatic nitrogens is 1. The number of hydrogen-bond donors (Lipinski definition) is 3. The average Bonchev–Trinajstić information content (AvgIpc) is 3.12. The van der Waals surface area contributed by atoms with Crippen molar-refractivity contribution in [2.45, 2.75) is 45.1 Å². The third-order valence-corrected chi connectivity index (χ3v) is 5.23. The van der Waals surface area contributed by atoms with Gasteiger partial charge in [-0.25, -0.2) is 4.98 Å². The van der Waals surface area contributed by atoms with E-state index < -0.39 is 0 Å². The van der Waals surface area contributed by atoms with Crippen LogP contribution in [-0.2, 0) is 4.79 Å². The van der Waals surface area contributed by atoms with Gasteiger partial charge in [0.05, 0.1) is 11.9 Å². The van der Waals surface area contributed by atoms with E-state index in [9.17, 15) is 4.79 Å². The lowest BCUT2D eigenvalue weighted by Gasteiger charge is -2.29. The van der Waals surface area contributed by atoms with E-state index in [1.165, 1.54) is 25.7 Å². The van der Waals surface area contributed by atoms with Crippen LogP contribution < -0.4 is 16.4 Å². The van der Waals surface area contributed by atoms with Crippen molar-refractivity contribution in [2.75, 3.05) is 17.2 Å². The second-order valence-corrected chi connectivity index (χ2v) is 6.79. The summed E-state index contributed by atoms with van der Waals surface area (Å²) in [6.07, 6.45) is 7.77. The van der Waals surface area contributed by atoms with Gasteiger partial charge >= 0.3 is 0 Å². The number of carbonyl (C=O) groups excluding carboxylic acids is 1. The largest absolute Gasteiger partial charge is 0.381 e.